The summed E-state index contributed by atoms with van der Waals surface area (Å²) in [5.41, 5.74) is 7.23. The molecule has 2 N–H and O–H groups in total. The summed E-state index contributed by atoms with van der Waals surface area (Å²) in [5, 5.41) is 2.20. The molecule has 1 unspecified atom stereocenters. The number of hydrogen-bond donors (Lipinski definition) is 1. The van der Waals surface area contributed by atoms with Crippen LogP contribution in [-0.2, 0) is 6.54 Å². The minimum atomic E-state index is 0. The average molecular weight is 298 g/mol. The monoisotopic (exact) mass is 296 g/mol. The van der Waals surface area contributed by atoms with Crippen molar-refractivity contribution in [2.24, 2.45) is 5.73 Å². The number of nitrogens with two attached hydrogens (primary N) is 1. The highest BCUT2D eigenvalue weighted by Crippen LogP contribution is 2.22. The highest BCUT2D eigenvalue weighted by atomic mass is 79.9. The molecule has 0 radical (unpaired) electrons. The normalized spacial score (nSPS) is 22.3. The highest BCUT2D eigenvalue weighted by Gasteiger charge is 2.18. The quantitative estimate of drug-likeness (QED) is 0.908. The molecule has 1 aromatic rings. The maximum atomic E-state index is 5.84. The molecule has 1 saturated heterocycles. The number of rotatable bonds is 2. The molecule has 5 heteroatoms. The molecule has 0 aromatic carbocycles. The number of thiophene rings is 1. The van der Waals surface area contributed by atoms with Gasteiger partial charge in [-0.25, -0.2) is 0 Å². The van der Waals surface area contributed by atoms with Gasteiger partial charge in [-0.1, -0.05) is 0 Å². The van der Waals surface area contributed by atoms with Gasteiger partial charge in [0.2, 0.25) is 0 Å². The van der Waals surface area contributed by atoms with E-state index in [4.69, 9.17) is 5.73 Å². The van der Waals surface area contributed by atoms with Gasteiger partial charge in [-0.3, -0.25) is 4.90 Å². The minimum absolute atomic E-state index is 0. The van der Waals surface area contributed by atoms with E-state index in [-0.39, 0.29) is 12.4 Å². The summed E-state index contributed by atoms with van der Waals surface area (Å²) < 4.78 is 1.21. The summed E-state index contributed by atoms with van der Waals surface area (Å²) in [6.07, 6.45) is 1.14. The summed E-state index contributed by atoms with van der Waals surface area (Å²) >= 11 is 5.22. The van der Waals surface area contributed by atoms with E-state index < -0.39 is 0 Å². The second-order valence-electron chi connectivity index (χ2n) is 3.54. The van der Waals surface area contributed by atoms with E-state index in [2.05, 4.69) is 32.3 Å². The van der Waals surface area contributed by atoms with Crippen LogP contribution in [-0.4, -0.2) is 24.0 Å². The molecule has 0 amide bonds. The van der Waals surface area contributed by atoms with Gasteiger partial charge in [0.25, 0.3) is 0 Å². The van der Waals surface area contributed by atoms with Crippen molar-refractivity contribution in [3.8, 4) is 0 Å². The fourth-order valence-corrected chi connectivity index (χ4v) is 2.89. The molecule has 0 spiro atoms. The fourth-order valence-electron chi connectivity index (χ4n) is 1.69. The summed E-state index contributed by atoms with van der Waals surface area (Å²) in [7, 11) is 0. The molecular formula is C9H14BrClN2S. The molecule has 1 fully saturated rings. The average Bonchev–Trinajstić information content (AvgIpc) is 2.62. The molecule has 2 rings (SSSR count). The van der Waals surface area contributed by atoms with E-state index in [1.165, 1.54) is 9.35 Å². The van der Waals surface area contributed by atoms with E-state index in [1.54, 1.807) is 11.3 Å². The smallest absolute Gasteiger partial charge is 0.0701 e. The second-order valence-corrected chi connectivity index (χ2v) is 5.83. The molecule has 0 aliphatic carbocycles. The third kappa shape index (κ3) is 3.21. The van der Waals surface area contributed by atoms with Crippen LogP contribution in [0.5, 0.6) is 0 Å². The van der Waals surface area contributed by atoms with Crippen LogP contribution in [0.2, 0.25) is 0 Å². The molecule has 1 aliphatic rings. The van der Waals surface area contributed by atoms with Gasteiger partial charge in [0.05, 0.1) is 3.79 Å². The first-order valence-electron chi connectivity index (χ1n) is 4.45. The van der Waals surface area contributed by atoms with Gasteiger partial charge >= 0.3 is 0 Å². The first kappa shape index (κ1) is 12.5. The van der Waals surface area contributed by atoms with Crippen LogP contribution in [0.1, 0.15) is 12.0 Å². The Balaban J connectivity index is 0.000000980. The Morgan fingerprint density at radius 1 is 1.64 bits per heavy atom. The minimum Gasteiger partial charge on any atom is -0.326 e. The van der Waals surface area contributed by atoms with Crippen LogP contribution >= 0.6 is 39.7 Å². The van der Waals surface area contributed by atoms with Crippen molar-refractivity contribution >= 4 is 39.7 Å². The van der Waals surface area contributed by atoms with Gasteiger partial charge in [-0.2, -0.15) is 0 Å². The van der Waals surface area contributed by atoms with Crippen LogP contribution in [0, 0.1) is 0 Å². The van der Waals surface area contributed by atoms with Gasteiger partial charge in [0.1, 0.15) is 0 Å². The summed E-state index contributed by atoms with van der Waals surface area (Å²) in [6, 6.07) is 2.58. The van der Waals surface area contributed by atoms with E-state index in [9.17, 15) is 0 Å². The van der Waals surface area contributed by atoms with Crippen molar-refractivity contribution in [3.63, 3.8) is 0 Å². The first-order valence-corrected chi connectivity index (χ1v) is 6.12. The van der Waals surface area contributed by atoms with Crippen molar-refractivity contribution in [1.29, 1.82) is 0 Å². The second kappa shape index (κ2) is 5.47. The third-order valence-corrected chi connectivity index (χ3v) is 3.89. The molecule has 1 aromatic heterocycles. The lowest BCUT2D eigenvalue weighted by Crippen LogP contribution is -2.26. The number of halogens is 2. The van der Waals surface area contributed by atoms with Crippen LogP contribution in [0.4, 0.5) is 0 Å². The zero-order chi connectivity index (χ0) is 9.26. The largest absolute Gasteiger partial charge is 0.326 e. The van der Waals surface area contributed by atoms with Gasteiger partial charge in [0, 0.05) is 25.7 Å². The Morgan fingerprint density at radius 3 is 2.93 bits per heavy atom. The lowest BCUT2D eigenvalue weighted by molar-refractivity contribution is 0.327. The summed E-state index contributed by atoms with van der Waals surface area (Å²) in [5.74, 6) is 0. The third-order valence-electron chi connectivity index (χ3n) is 2.34. The molecule has 1 atom stereocenters. The predicted octanol–water partition coefficient (Wildman–Crippen LogP) is 2.47. The van der Waals surface area contributed by atoms with Gasteiger partial charge in [0.15, 0.2) is 0 Å². The van der Waals surface area contributed by atoms with Crippen LogP contribution in [0.3, 0.4) is 0 Å². The topological polar surface area (TPSA) is 29.3 Å². The highest BCUT2D eigenvalue weighted by molar-refractivity contribution is 9.11. The van der Waals surface area contributed by atoms with Gasteiger partial charge in [-0.05, 0) is 39.4 Å². The Labute approximate surface area is 103 Å². The predicted molar refractivity (Wildman–Crippen MR) is 67.1 cm³/mol. The van der Waals surface area contributed by atoms with Crippen molar-refractivity contribution in [2.45, 2.75) is 19.0 Å². The number of hydrogen-bond acceptors (Lipinski definition) is 3. The molecule has 14 heavy (non-hydrogen) atoms. The Bertz CT molecular complexity index is 292. The Hall–Kier alpha value is 0.390. The zero-order valence-corrected chi connectivity index (χ0v) is 11.0. The van der Waals surface area contributed by atoms with E-state index in [0.717, 1.165) is 26.1 Å². The van der Waals surface area contributed by atoms with Crippen molar-refractivity contribution in [2.75, 3.05) is 13.1 Å². The molecule has 0 bridgehead atoms. The molecule has 1 aliphatic heterocycles. The maximum absolute atomic E-state index is 5.84. The summed E-state index contributed by atoms with van der Waals surface area (Å²) in [6.45, 7) is 3.25. The molecule has 80 valence electrons. The molecule has 2 heterocycles. The lowest BCUT2D eigenvalue weighted by Gasteiger charge is -2.13. The fraction of sp³-hybridized carbons (Fsp3) is 0.556. The molecule has 0 saturated carbocycles. The van der Waals surface area contributed by atoms with Crippen molar-refractivity contribution < 1.29 is 0 Å². The van der Waals surface area contributed by atoms with Crippen molar-refractivity contribution in [1.82, 2.24) is 4.90 Å². The maximum Gasteiger partial charge on any atom is 0.0701 e. The van der Waals surface area contributed by atoms with Crippen molar-refractivity contribution in [3.05, 3.63) is 20.8 Å². The van der Waals surface area contributed by atoms with Gasteiger partial charge < -0.3 is 5.73 Å². The number of nitrogens with zero attached hydrogens (tertiary/aromatic N) is 1. The molecule has 2 nitrogen and oxygen atoms in total. The zero-order valence-electron chi connectivity index (χ0n) is 7.78. The number of likely N-dealkylation sites (tertiary alicyclic amines) is 1. The van der Waals surface area contributed by atoms with Crippen LogP contribution < -0.4 is 5.73 Å². The standard InChI is InChI=1S/C9H13BrN2S.ClH/c10-9-3-7(6-13-9)4-12-2-1-8(11)5-12;/h3,6,8H,1-2,4-5,11H2;1H. The Kier molecular flexibility index (Phi) is 4.87. The van der Waals surface area contributed by atoms with Crippen LogP contribution in [0.25, 0.3) is 0 Å². The van der Waals surface area contributed by atoms with E-state index in [1.807, 2.05) is 0 Å². The Morgan fingerprint density at radius 2 is 2.43 bits per heavy atom. The molecular weight excluding hydrogens is 284 g/mol. The lowest BCUT2D eigenvalue weighted by atomic mass is 10.3. The SMILES string of the molecule is Cl.NC1CCN(Cc2csc(Br)c2)C1. The van der Waals surface area contributed by atoms with Gasteiger partial charge in [-0.15, -0.1) is 23.7 Å². The van der Waals surface area contributed by atoms with Crippen LogP contribution in [0.15, 0.2) is 15.2 Å². The summed E-state index contributed by atoms with van der Waals surface area (Å²) in [4.78, 5) is 2.42. The van der Waals surface area contributed by atoms with E-state index in [0.29, 0.717) is 6.04 Å². The van der Waals surface area contributed by atoms with E-state index >= 15 is 0 Å². The first-order chi connectivity index (χ1) is 6.24.